The van der Waals surface area contributed by atoms with Crippen LogP contribution < -0.4 is 5.73 Å². The minimum Gasteiger partial charge on any atom is -0.367 e. The Morgan fingerprint density at radius 3 is 2.00 bits per heavy atom. The van der Waals surface area contributed by atoms with E-state index in [1.807, 2.05) is 0 Å². The molecular formula is C9H6Cl2F3NOS. The van der Waals surface area contributed by atoms with Gasteiger partial charge in [-0.05, 0) is 29.5 Å². The predicted molar refractivity (Wildman–Crippen MR) is 60.9 cm³/mol. The fourth-order valence-corrected chi connectivity index (χ4v) is 1.80. The first-order chi connectivity index (χ1) is 7.63. The molecule has 0 saturated heterocycles. The fourth-order valence-electron chi connectivity index (χ4n) is 1.01. The Labute approximate surface area is 109 Å². The summed E-state index contributed by atoms with van der Waals surface area (Å²) in [5.74, 6) is -0.989. The molecule has 0 fully saturated rings. The van der Waals surface area contributed by atoms with Gasteiger partial charge in [0, 0.05) is 4.90 Å². The lowest BCUT2D eigenvalue weighted by Crippen LogP contribution is -2.30. The summed E-state index contributed by atoms with van der Waals surface area (Å²) in [6, 6.07) is 4.77. The number of benzene rings is 1. The quantitative estimate of drug-likeness (QED) is 0.687. The highest BCUT2D eigenvalue weighted by molar-refractivity contribution is 8.00. The smallest absolute Gasteiger partial charge is 0.367 e. The molecule has 0 spiro atoms. The Hall–Kier alpha value is -0.590. The van der Waals surface area contributed by atoms with E-state index in [0.717, 1.165) is 12.1 Å². The van der Waals surface area contributed by atoms with E-state index < -0.39 is 15.7 Å². The molecule has 0 heterocycles. The van der Waals surface area contributed by atoms with E-state index in [0.29, 0.717) is 0 Å². The van der Waals surface area contributed by atoms with Crippen LogP contribution in [0.15, 0.2) is 29.2 Å². The predicted octanol–water partition coefficient (Wildman–Crippen LogP) is 3.41. The standard InChI is InChI=1S/C9H6Cl2F3NOS/c10-8(11,7(15)16)5-1-3-6(4-2-5)17-9(12,13)14/h1-4H,(H2,15,16). The second kappa shape index (κ2) is 4.96. The van der Waals surface area contributed by atoms with Crippen LogP contribution in [0.1, 0.15) is 5.56 Å². The van der Waals surface area contributed by atoms with Crippen LogP contribution in [0.2, 0.25) is 0 Å². The summed E-state index contributed by atoms with van der Waals surface area (Å²) in [5.41, 5.74) is 0.708. The molecule has 0 aliphatic rings. The Bertz CT molecular complexity index is 419. The van der Waals surface area contributed by atoms with Crippen molar-refractivity contribution >= 4 is 40.9 Å². The molecule has 0 aliphatic carbocycles. The SMILES string of the molecule is NC(=O)C(Cl)(Cl)c1ccc(SC(F)(F)F)cc1. The van der Waals surface area contributed by atoms with Gasteiger partial charge < -0.3 is 5.73 Å². The van der Waals surface area contributed by atoms with Crippen LogP contribution in [0.5, 0.6) is 0 Å². The number of primary amides is 1. The Morgan fingerprint density at radius 1 is 1.18 bits per heavy atom. The van der Waals surface area contributed by atoms with Gasteiger partial charge >= 0.3 is 5.51 Å². The van der Waals surface area contributed by atoms with Gasteiger partial charge in [-0.25, -0.2) is 0 Å². The number of carbonyl (C=O) groups excluding carboxylic acids is 1. The van der Waals surface area contributed by atoms with Crippen LogP contribution in [0.25, 0.3) is 0 Å². The van der Waals surface area contributed by atoms with E-state index in [1.54, 1.807) is 0 Å². The summed E-state index contributed by atoms with van der Waals surface area (Å²) in [6.07, 6.45) is 0. The number of thioether (sulfide) groups is 1. The number of alkyl halides is 5. The molecule has 1 aromatic carbocycles. The second-order valence-corrected chi connectivity index (χ2v) is 5.48. The normalized spacial score (nSPS) is 12.5. The minimum absolute atomic E-state index is 0.0325. The third-order valence-corrected chi connectivity index (χ3v) is 3.31. The molecule has 0 radical (unpaired) electrons. The van der Waals surface area contributed by atoms with Gasteiger partial charge in [0.1, 0.15) is 0 Å². The van der Waals surface area contributed by atoms with Gasteiger partial charge in [-0.3, -0.25) is 4.79 Å². The number of halogens is 5. The summed E-state index contributed by atoms with van der Waals surface area (Å²) >= 11 is 11.0. The molecule has 0 aromatic heterocycles. The number of hydrogen-bond acceptors (Lipinski definition) is 2. The number of rotatable bonds is 3. The number of carbonyl (C=O) groups is 1. The van der Waals surface area contributed by atoms with E-state index in [4.69, 9.17) is 28.9 Å². The zero-order valence-corrected chi connectivity index (χ0v) is 10.4. The first kappa shape index (κ1) is 14.5. The fraction of sp³-hybridized carbons (Fsp3) is 0.222. The molecule has 0 bridgehead atoms. The number of hydrogen-bond donors (Lipinski definition) is 1. The average molecular weight is 304 g/mol. The lowest BCUT2D eigenvalue weighted by atomic mass is 10.1. The lowest BCUT2D eigenvalue weighted by Gasteiger charge is -2.16. The van der Waals surface area contributed by atoms with E-state index >= 15 is 0 Å². The van der Waals surface area contributed by atoms with Crippen LogP contribution in [-0.4, -0.2) is 11.4 Å². The summed E-state index contributed by atoms with van der Waals surface area (Å²) in [6.45, 7) is 0. The maximum Gasteiger partial charge on any atom is 0.446 e. The maximum absolute atomic E-state index is 12.0. The largest absolute Gasteiger partial charge is 0.446 e. The van der Waals surface area contributed by atoms with E-state index in [9.17, 15) is 18.0 Å². The second-order valence-electron chi connectivity index (χ2n) is 3.01. The molecule has 0 atom stereocenters. The van der Waals surface area contributed by atoms with Crippen molar-refractivity contribution in [2.24, 2.45) is 5.73 Å². The molecule has 8 heteroatoms. The van der Waals surface area contributed by atoms with Crippen LogP contribution in [0, 0.1) is 0 Å². The highest BCUT2D eigenvalue weighted by Crippen LogP contribution is 2.39. The third-order valence-electron chi connectivity index (χ3n) is 1.76. The highest BCUT2D eigenvalue weighted by atomic mass is 35.5. The monoisotopic (exact) mass is 303 g/mol. The molecule has 2 N–H and O–H groups in total. The first-order valence-corrected chi connectivity index (χ1v) is 5.74. The van der Waals surface area contributed by atoms with Gasteiger partial charge in [0.25, 0.3) is 5.91 Å². The molecule has 1 rings (SSSR count). The van der Waals surface area contributed by atoms with Gasteiger partial charge in [0.15, 0.2) is 0 Å². The van der Waals surface area contributed by atoms with Crippen molar-refractivity contribution < 1.29 is 18.0 Å². The third kappa shape index (κ3) is 3.97. The van der Waals surface area contributed by atoms with Gasteiger partial charge in [0.2, 0.25) is 4.33 Å². The van der Waals surface area contributed by atoms with Crippen molar-refractivity contribution in [3.8, 4) is 0 Å². The highest BCUT2D eigenvalue weighted by Gasteiger charge is 2.34. The Kier molecular flexibility index (Phi) is 4.22. The van der Waals surface area contributed by atoms with Crippen molar-refractivity contribution in [1.82, 2.24) is 0 Å². The van der Waals surface area contributed by atoms with Gasteiger partial charge in [-0.1, -0.05) is 35.3 Å². The summed E-state index contributed by atoms with van der Waals surface area (Å²) in [4.78, 5) is 10.9. The van der Waals surface area contributed by atoms with E-state index in [1.165, 1.54) is 12.1 Å². The molecule has 0 saturated carbocycles. The van der Waals surface area contributed by atoms with Crippen LogP contribution in [-0.2, 0) is 9.13 Å². The number of amides is 1. The molecule has 17 heavy (non-hydrogen) atoms. The van der Waals surface area contributed by atoms with Crippen LogP contribution in [0.3, 0.4) is 0 Å². The van der Waals surface area contributed by atoms with Crippen LogP contribution in [0.4, 0.5) is 13.2 Å². The zero-order chi connectivity index (χ0) is 13.3. The first-order valence-electron chi connectivity index (χ1n) is 4.17. The van der Waals surface area contributed by atoms with Gasteiger partial charge in [0.05, 0.1) is 0 Å². The van der Waals surface area contributed by atoms with Crippen molar-refractivity contribution in [2.75, 3.05) is 0 Å². The molecule has 1 amide bonds. The number of nitrogens with two attached hydrogens (primary N) is 1. The van der Waals surface area contributed by atoms with Crippen molar-refractivity contribution in [3.63, 3.8) is 0 Å². The van der Waals surface area contributed by atoms with Crippen LogP contribution >= 0.6 is 35.0 Å². The molecule has 94 valence electrons. The zero-order valence-electron chi connectivity index (χ0n) is 8.09. The minimum atomic E-state index is -4.37. The maximum atomic E-state index is 12.0. The van der Waals surface area contributed by atoms with Gasteiger partial charge in [-0.2, -0.15) is 13.2 Å². The molecule has 2 nitrogen and oxygen atoms in total. The van der Waals surface area contributed by atoms with Gasteiger partial charge in [-0.15, -0.1) is 0 Å². The molecule has 0 unspecified atom stereocenters. The lowest BCUT2D eigenvalue weighted by molar-refractivity contribution is -0.118. The molecule has 1 aromatic rings. The Balaban J connectivity index is 2.93. The van der Waals surface area contributed by atoms with Crippen molar-refractivity contribution in [2.45, 2.75) is 14.7 Å². The Morgan fingerprint density at radius 2 is 1.65 bits per heavy atom. The molecular weight excluding hydrogens is 298 g/mol. The molecule has 0 aliphatic heterocycles. The van der Waals surface area contributed by atoms with E-state index in [2.05, 4.69) is 0 Å². The van der Waals surface area contributed by atoms with Crippen molar-refractivity contribution in [1.29, 1.82) is 0 Å². The summed E-state index contributed by atoms with van der Waals surface area (Å²) in [7, 11) is 0. The topological polar surface area (TPSA) is 43.1 Å². The summed E-state index contributed by atoms with van der Waals surface area (Å²) < 4.78 is 34.2. The summed E-state index contributed by atoms with van der Waals surface area (Å²) in [5, 5.41) is 0. The average Bonchev–Trinajstić information content (AvgIpc) is 2.15. The van der Waals surface area contributed by atoms with Crippen molar-refractivity contribution in [3.05, 3.63) is 29.8 Å². The van der Waals surface area contributed by atoms with E-state index in [-0.39, 0.29) is 22.2 Å².